The molecule has 0 unspecified atom stereocenters. The average molecular weight is 302 g/mol. The SMILES string of the molecule is CN(C1CCOCC1)S(=O)(=O)c1cccc(F)c1CN. The van der Waals surface area contributed by atoms with Gasteiger partial charge in [0.2, 0.25) is 10.0 Å². The van der Waals surface area contributed by atoms with E-state index in [9.17, 15) is 12.8 Å². The first-order valence-corrected chi connectivity index (χ1v) is 7.95. The molecule has 1 aromatic rings. The summed E-state index contributed by atoms with van der Waals surface area (Å²) in [5.41, 5.74) is 5.52. The van der Waals surface area contributed by atoms with E-state index in [1.807, 2.05) is 0 Å². The third-order valence-corrected chi connectivity index (χ3v) is 5.64. The summed E-state index contributed by atoms with van der Waals surface area (Å²) in [7, 11) is -2.22. The molecule has 2 rings (SSSR count). The molecule has 1 heterocycles. The number of rotatable bonds is 4. The molecule has 1 fully saturated rings. The van der Waals surface area contributed by atoms with E-state index in [1.54, 1.807) is 0 Å². The fourth-order valence-corrected chi connectivity index (χ4v) is 4.04. The number of nitrogens with two attached hydrogens (primary N) is 1. The predicted molar refractivity (Wildman–Crippen MR) is 73.1 cm³/mol. The number of sulfonamides is 1. The number of nitrogens with zero attached hydrogens (tertiary/aromatic N) is 1. The van der Waals surface area contributed by atoms with Crippen LogP contribution in [0.2, 0.25) is 0 Å². The van der Waals surface area contributed by atoms with Crippen molar-refractivity contribution < 1.29 is 17.5 Å². The zero-order valence-corrected chi connectivity index (χ0v) is 12.2. The van der Waals surface area contributed by atoms with Crippen LogP contribution in [0.1, 0.15) is 18.4 Å². The van der Waals surface area contributed by atoms with E-state index in [0.717, 1.165) is 0 Å². The highest BCUT2D eigenvalue weighted by atomic mass is 32.2. The summed E-state index contributed by atoms with van der Waals surface area (Å²) in [6, 6.07) is 3.88. The van der Waals surface area contributed by atoms with Crippen molar-refractivity contribution in [3.8, 4) is 0 Å². The first kappa shape index (κ1) is 15.4. The molecule has 1 aliphatic heterocycles. The number of halogens is 1. The normalized spacial score (nSPS) is 17.6. The van der Waals surface area contributed by atoms with Crippen LogP contribution in [0.5, 0.6) is 0 Å². The van der Waals surface area contributed by atoms with Gasteiger partial charge in [0.05, 0.1) is 4.90 Å². The summed E-state index contributed by atoms with van der Waals surface area (Å²) in [6.45, 7) is 0.928. The first-order valence-electron chi connectivity index (χ1n) is 6.51. The minimum Gasteiger partial charge on any atom is -0.381 e. The second kappa shape index (κ2) is 6.17. The Hall–Kier alpha value is -1.02. The second-order valence-corrected chi connectivity index (χ2v) is 6.75. The topological polar surface area (TPSA) is 72.6 Å². The summed E-state index contributed by atoms with van der Waals surface area (Å²) in [5.74, 6) is -0.589. The minimum atomic E-state index is -3.75. The predicted octanol–water partition coefficient (Wildman–Crippen LogP) is 1.08. The van der Waals surface area contributed by atoms with E-state index in [0.29, 0.717) is 26.1 Å². The van der Waals surface area contributed by atoms with Crippen molar-refractivity contribution in [1.82, 2.24) is 4.31 Å². The van der Waals surface area contributed by atoms with Crippen molar-refractivity contribution in [2.45, 2.75) is 30.3 Å². The molecule has 0 saturated carbocycles. The summed E-state index contributed by atoms with van der Waals surface area (Å²) in [6.07, 6.45) is 1.28. The van der Waals surface area contributed by atoms with Crippen LogP contribution in [0.25, 0.3) is 0 Å². The summed E-state index contributed by atoms with van der Waals surface area (Å²) < 4.78 is 45.5. The molecule has 0 amide bonds. The smallest absolute Gasteiger partial charge is 0.243 e. The highest BCUT2D eigenvalue weighted by molar-refractivity contribution is 7.89. The molecule has 2 N–H and O–H groups in total. The standard InChI is InChI=1S/C13H19FN2O3S/c1-16(10-5-7-19-8-6-10)20(17,18)13-4-2-3-12(14)11(13)9-15/h2-4,10H,5-9,15H2,1H3. The van der Waals surface area contributed by atoms with E-state index in [-0.39, 0.29) is 23.0 Å². The largest absolute Gasteiger partial charge is 0.381 e. The Balaban J connectivity index is 2.37. The molecule has 0 radical (unpaired) electrons. The van der Waals surface area contributed by atoms with E-state index in [4.69, 9.17) is 10.5 Å². The van der Waals surface area contributed by atoms with Gasteiger partial charge >= 0.3 is 0 Å². The lowest BCUT2D eigenvalue weighted by Crippen LogP contribution is -2.41. The molecule has 5 nitrogen and oxygen atoms in total. The maximum absolute atomic E-state index is 13.7. The minimum absolute atomic E-state index is 0.0337. The van der Waals surface area contributed by atoms with Gasteiger partial charge in [-0.1, -0.05) is 6.07 Å². The summed E-state index contributed by atoms with van der Waals surface area (Å²) in [5, 5.41) is 0. The number of benzene rings is 1. The van der Waals surface area contributed by atoms with E-state index >= 15 is 0 Å². The van der Waals surface area contributed by atoms with Crippen molar-refractivity contribution >= 4 is 10.0 Å². The third-order valence-electron chi connectivity index (χ3n) is 3.64. The van der Waals surface area contributed by atoms with Gasteiger partial charge in [-0.25, -0.2) is 12.8 Å². The molecule has 1 aliphatic rings. The Morgan fingerprint density at radius 1 is 1.40 bits per heavy atom. The fourth-order valence-electron chi connectivity index (χ4n) is 2.38. The van der Waals surface area contributed by atoms with Crippen LogP contribution < -0.4 is 5.73 Å². The van der Waals surface area contributed by atoms with Gasteiger partial charge in [0.1, 0.15) is 5.82 Å². The number of ether oxygens (including phenoxy) is 1. The molecule has 7 heteroatoms. The van der Waals surface area contributed by atoms with Crippen LogP contribution in [0.15, 0.2) is 23.1 Å². The Morgan fingerprint density at radius 3 is 2.65 bits per heavy atom. The third kappa shape index (κ3) is 2.85. The zero-order chi connectivity index (χ0) is 14.8. The zero-order valence-electron chi connectivity index (χ0n) is 11.4. The molecule has 112 valence electrons. The van der Waals surface area contributed by atoms with Crippen molar-refractivity contribution in [3.63, 3.8) is 0 Å². The van der Waals surface area contributed by atoms with E-state index < -0.39 is 15.8 Å². The maximum atomic E-state index is 13.7. The van der Waals surface area contributed by atoms with Gasteiger partial charge in [0.25, 0.3) is 0 Å². The monoisotopic (exact) mass is 302 g/mol. The van der Waals surface area contributed by atoms with Crippen LogP contribution in [0.4, 0.5) is 4.39 Å². The van der Waals surface area contributed by atoms with Crippen LogP contribution in [-0.4, -0.2) is 39.0 Å². The highest BCUT2D eigenvalue weighted by Crippen LogP contribution is 2.25. The number of hydrogen-bond acceptors (Lipinski definition) is 4. The van der Waals surface area contributed by atoms with Gasteiger partial charge in [-0.05, 0) is 25.0 Å². The molecular formula is C13H19FN2O3S. The van der Waals surface area contributed by atoms with Crippen molar-refractivity contribution in [2.24, 2.45) is 5.73 Å². The summed E-state index contributed by atoms with van der Waals surface area (Å²) >= 11 is 0. The molecule has 1 saturated heterocycles. The second-order valence-electron chi connectivity index (χ2n) is 4.79. The molecule has 0 aliphatic carbocycles. The highest BCUT2D eigenvalue weighted by Gasteiger charge is 2.31. The van der Waals surface area contributed by atoms with Gasteiger partial charge in [0.15, 0.2) is 0 Å². The van der Waals surface area contributed by atoms with Gasteiger partial charge in [-0.3, -0.25) is 0 Å². The first-order chi connectivity index (χ1) is 9.48. The van der Waals surface area contributed by atoms with Crippen molar-refractivity contribution in [2.75, 3.05) is 20.3 Å². The lowest BCUT2D eigenvalue weighted by Gasteiger charge is -2.30. The van der Waals surface area contributed by atoms with E-state index in [1.165, 1.54) is 29.6 Å². The summed E-state index contributed by atoms with van der Waals surface area (Å²) in [4.78, 5) is -0.0472. The van der Waals surface area contributed by atoms with Crippen LogP contribution in [0.3, 0.4) is 0 Å². The Morgan fingerprint density at radius 2 is 2.05 bits per heavy atom. The quantitative estimate of drug-likeness (QED) is 0.903. The Labute approximate surface area is 118 Å². The van der Waals surface area contributed by atoms with Crippen LogP contribution >= 0.6 is 0 Å². The van der Waals surface area contributed by atoms with Crippen LogP contribution in [0, 0.1) is 5.82 Å². The van der Waals surface area contributed by atoms with Gasteiger partial charge in [-0.15, -0.1) is 0 Å². The average Bonchev–Trinajstić information content (AvgIpc) is 2.47. The van der Waals surface area contributed by atoms with Gasteiger partial charge in [0, 0.05) is 38.4 Å². The number of hydrogen-bond donors (Lipinski definition) is 1. The molecule has 0 aromatic heterocycles. The lowest BCUT2D eigenvalue weighted by molar-refractivity contribution is 0.0632. The molecule has 1 aromatic carbocycles. The molecule has 0 spiro atoms. The fraction of sp³-hybridized carbons (Fsp3) is 0.538. The Bertz CT molecular complexity index is 571. The van der Waals surface area contributed by atoms with Crippen molar-refractivity contribution in [3.05, 3.63) is 29.6 Å². The molecule has 0 atom stereocenters. The lowest BCUT2D eigenvalue weighted by atomic mass is 10.1. The van der Waals surface area contributed by atoms with Gasteiger partial charge in [-0.2, -0.15) is 4.31 Å². The van der Waals surface area contributed by atoms with Crippen LogP contribution in [-0.2, 0) is 21.3 Å². The maximum Gasteiger partial charge on any atom is 0.243 e. The molecular weight excluding hydrogens is 283 g/mol. The Kier molecular flexibility index (Phi) is 4.74. The molecule has 0 bridgehead atoms. The molecule has 20 heavy (non-hydrogen) atoms. The van der Waals surface area contributed by atoms with Crippen molar-refractivity contribution in [1.29, 1.82) is 0 Å². The van der Waals surface area contributed by atoms with E-state index in [2.05, 4.69) is 0 Å². The van der Waals surface area contributed by atoms with Gasteiger partial charge < -0.3 is 10.5 Å².